The molecule has 0 fully saturated rings. The maximum absolute atomic E-state index is 6.38. The highest BCUT2D eigenvalue weighted by Gasteiger charge is 2.13. The lowest BCUT2D eigenvalue weighted by molar-refractivity contribution is 0.393. The highest BCUT2D eigenvalue weighted by Crippen LogP contribution is 2.25. The number of nitrogen functional groups attached to an aromatic ring is 1. The largest absolute Gasteiger partial charge is 0.497 e. The van der Waals surface area contributed by atoms with Gasteiger partial charge < -0.3 is 20.2 Å². The zero-order valence-corrected chi connectivity index (χ0v) is 15.1. The van der Waals surface area contributed by atoms with E-state index in [1.54, 1.807) is 19.2 Å². The fourth-order valence-electron chi connectivity index (χ4n) is 3.15. The number of methoxy groups -OCH3 is 2. The van der Waals surface area contributed by atoms with Gasteiger partial charge in [0.25, 0.3) is 0 Å². The van der Waals surface area contributed by atoms with E-state index in [-0.39, 0.29) is 0 Å². The maximum atomic E-state index is 6.38. The van der Waals surface area contributed by atoms with Crippen LogP contribution in [0.25, 0.3) is 23.9 Å². The van der Waals surface area contributed by atoms with E-state index in [4.69, 9.17) is 21.1 Å². The van der Waals surface area contributed by atoms with Crippen molar-refractivity contribution < 1.29 is 9.47 Å². The number of nitrogens with two attached hydrogens (primary N) is 2. The first-order valence-corrected chi connectivity index (χ1v) is 8.18. The van der Waals surface area contributed by atoms with Crippen LogP contribution in [0.15, 0.2) is 42.5 Å². The molecule has 0 atom stereocenters. The van der Waals surface area contributed by atoms with Gasteiger partial charge in [0.2, 0.25) is 0 Å². The molecule has 0 aromatic heterocycles. The van der Waals surface area contributed by atoms with Gasteiger partial charge in [-0.25, -0.2) is 5.84 Å². The molecule has 0 amide bonds. The van der Waals surface area contributed by atoms with Crippen LogP contribution in [0.1, 0.15) is 5.56 Å². The highest BCUT2D eigenvalue weighted by molar-refractivity contribution is 5.93. The maximum Gasteiger partial charge on any atom is 0.122 e. The zero-order chi connectivity index (χ0) is 18.8. The Morgan fingerprint density at radius 1 is 0.923 bits per heavy atom. The fourth-order valence-corrected chi connectivity index (χ4v) is 3.15. The first-order valence-electron chi connectivity index (χ1n) is 8.18. The summed E-state index contributed by atoms with van der Waals surface area (Å²) in [7, 11) is 3.23. The predicted octanol–water partition coefficient (Wildman–Crippen LogP) is 2.14. The van der Waals surface area contributed by atoms with Crippen molar-refractivity contribution >= 4 is 35.3 Å². The number of ether oxygens (including phenoxy) is 2. The normalized spacial score (nSPS) is 10.7. The highest BCUT2D eigenvalue weighted by atomic mass is 16.5. The monoisotopic (exact) mass is 349 g/mol. The van der Waals surface area contributed by atoms with E-state index in [9.17, 15) is 0 Å². The van der Waals surface area contributed by atoms with Crippen molar-refractivity contribution in [3.8, 4) is 11.5 Å². The van der Waals surface area contributed by atoms with Crippen LogP contribution >= 0.6 is 0 Å². The van der Waals surface area contributed by atoms with E-state index in [1.807, 2.05) is 42.5 Å². The van der Waals surface area contributed by atoms with Gasteiger partial charge in [-0.05, 0) is 28.5 Å². The second-order valence-electron chi connectivity index (χ2n) is 6.11. The molecule has 0 aliphatic heterocycles. The molecule has 0 aliphatic carbocycles. The van der Waals surface area contributed by atoms with Crippen LogP contribution in [0.3, 0.4) is 0 Å². The van der Waals surface area contributed by atoms with Gasteiger partial charge in [0.15, 0.2) is 0 Å². The van der Waals surface area contributed by atoms with Crippen LogP contribution in [0.4, 0.5) is 11.4 Å². The van der Waals surface area contributed by atoms with E-state index >= 15 is 0 Å². The first-order chi connectivity index (χ1) is 12.5. The Labute approximate surface area is 152 Å². The van der Waals surface area contributed by atoms with Crippen LogP contribution in [-0.4, -0.2) is 14.2 Å². The standard InChI is InChI=1S/C21H23N3O2/c1-13-18-7-5-6-8-19(18)14(2)21(20(13)22)24(23)12-15-9-16(25-3)11-17(10-15)26-4/h5-11H,1-2,12,22-23H2,3-4H3. The molecule has 3 aromatic carbocycles. The average Bonchev–Trinajstić information content (AvgIpc) is 2.66. The van der Waals surface area contributed by atoms with Gasteiger partial charge in [-0.2, -0.15) is 0 Å². The van der Waals surface area contributed by atoms with E-state index in [1.165, 1.54) is 0 Å². The summed E-state index contributed by atoms with van der Waals surface area (Å²) in [6, 6.07) is 13.5. The predicted molar refractivity (Wildman–Crippen MR) is 109 cm³/mol. The molecule has 4 N–H and O–H groups in total. The van der Waals surface area contributed by atoms with Crippen LogP contribution in [0.5, 0.6) is 11.5 Å². The molecule has 3 aromatic rings. The van der Waals surface area contributed by atoms with E-state index in [2.05, 4.69) is 13.2 Å². The van der Waals surface area contributed by atoms with Crippen molar-refractivity contribution in [3.05, 3.63) is 58.5 Å². The Morgan fingerprint density at radius 2 is 1.46 bits per heavy atom. The molecule has 0 saturated heterocycles. The van der Waals surface area contributed by atoms with Crippen molar-refractivity contribution in [2.45, 2.75) is 6.54 Å². The Morgan fingerprint density at radius 3 is 2.00 bits per heavy atom. The third-order valence-corrected chi connectivity index (χ3v) is 4.49. The van der Waals surface area contributed by atoms with Gasteiger partial charge >= 0.3 is 0 Å². The quantitative estimate of drug-likeness (QED) is 0.419. The second kappa shape index (κ2) is 6.98. The lowest BCUT2D eigenvalue weighted by Gasteiger charge is -2.23. The van der Waals surface area contributed by atoms with E-state index in [0.29, 0.717) is 29.4 Å². The first kappa shape index (κ1) is 17.6. The molecule has 0 radical (unpaired) electrons. The topological polar surface area (TPSA) is 73.7 Å². The number of anilines is 2. The third-order valence-electron chi connectivity index (χ3n) is 4.49. The fraction of sp³-hybridized carbons (Fsp3) is 0.143. The van der Waals surface area contributed by atoms with Crippen molar-refractivity contribution in [3.63, 3.8) is 0 Å². The summed E-state index contributed by atoms with van der Waals surface area (Å²) in [6.07, 6.45) is 0. The minimum absolute atomic E-state index is 0.415. The lowest BCUT2D eigenvalue weighted by atomic mass is 10.0. The second-order valence-corrected chi connectivity index (χ2v) is 6.11. The molecular formula is C21H23N3O2. The average molecular weight is 349 g/mol. The molecule has 5 heteroatoms. The molecule has 0 spiro atoms. The van der Waals surface area contributed by atoms with Crippen LogP contribution in [0.2, 0.25) is 0 Å². The molecule has 0 aliphatic rings. The molecule has 5 nitrogen and oxygen atoms in total. The van der Waals surface area contributed by atoms with Gasteiger partial charge in [0.05, 0.1) is 32.1 Å². The summed E-state index contributed by atoms with van der Waals surface area (Å²) < 4.78 is 10.6. The van der Waals surface area contributed by atoms with Crippen LogP contribution < -0.4 is 36.5 Å². The van der Waals surface area contributed by atoms with Crippen molar-refractivity contribution in [1.29, 1.82) is 0 Å². The minimum atomic E-state index is 0.415. The van der Waals surface area contributed by atoms with Gasteiger partial charge in [-0.3, -0.25) is 0 Å². The number of rotatable bonds is 5. The van der Waals surface area contributed by atoms with Crippen LogP contribution in [0, 0.1) is 0 Å². The molecule has 0 bridgehead atoms. The van der Waals surface area contributed by atoms with E-state index < -0.39 is 0 Å². The van der Waals surface area contributed by atoms with Gasteiger partial charge in [-0.15, -0.1) is 0 Å². The Balaban J connectivity index is 2.08. The molecule has 0 heterocycles. The summed E-state index contributed by atoms with van der Waals surface area (Å²) in [5.41, 5.74) is 8.48. The van der Waals surface area contributed by atoms with Crippen molar-refractivity contribution in [2.24, 2.45) is 5.84 Å². The Hall–Kier alpha value is -3.18. The number of hydrogen-bond donors (Lipinski definition) is 2. The number of nitrogens with zero attached hydrogens (tertiary/aromatic N) is 1. The third kappa shape index (κ3) is 3.05. The zero-order valence-electron chi connectivity index (χ0n) is 15.1. The molecule has 3 rings (SSSR count). The SMILES string of the molecule is C=c1c(N)c(N(N)Cc2cc(OC)cc(OC)c2)c(=C)c2ccccc12. The van der Waals surface area contributed by atoms with Gasteiger partial charge in [0.1, 0.15) is 11.5 Å². The molecule has 0 unspecified atom stereocenters. The van der Waals surface area contributed by atoms with Gasteiger partial charge in [0, 0.05) is 16.5 Å². The number of fused-ring (bicyclic) bond motifs is 1. The number of hydrogen-bond acceptors (Lipinski definition) is 5. The molecular weight excluding hydrogens is 326 g/mol. The summed E-state index contributed by atoms with van der Waals surface area (Å²) in [5.74, 6) is 7.78. The van der Waals surface area contributed by atoms with Crippen molar-refractivity contribution in [2.75, 3.05) is 25.0 Å². The Bertz CT molecular complexity index is 1040. The van der Waals surface area contributed by atoms with E-state index in [0.717, 1.165) is 26.8 Å². The minimum Gasteiger partial charge on any atom is -0.497 e. The molecule has 26 heavy (non-hydrogen) atoms. The summed E-state index contributed by atoms with van der Waals surface area (Å²) in [4.78, 5) is 0. The summed E-state index contributed by atoms with van der Waals surface area (Å²) in [6.45, 7) is 8.74. The lowest BCUT2D eigenvalue weighted by Crippen LogP contribution is -2.36. The molecule has 0 saturated carbocycles. The number of hydrazine groups is 1. The Kier molecular flexibility index (Phi) is 4.73. The molecule has 134 valence electrons. The summed E-state index contributed by atoms with van der Waals surface area (Å²) in [5, 5.41) is 5.09. The smallest absolute Gasteiger partial charge is 0.122 e. The van der Waals surface area contributed by atoms with Crippen molar-refractivity contribution in [1.82, 2.24) is 0 Å². The summed E-state index contributed by atoms with van der Waals surface area (Å²) >= 11 is 0. The number of benzene rings is 3. The van der Waals surface area contributed by atoms with Gasteiger partial charge in [-0.1, -0.05) is 37.4 Å². The van der Waals surface area contributed by atoms with Crippen LogP contribution in [-0.2, 0) is 6.54 Å².